The molecule has 0 N–H and O–H groups in total. The van der Waals surface area contributed by atoms with Crippen LogP contribution in [-0.4, -0.2) is 0 Å². The molecule has 0 fully saturated rings. The highest BCUT2D eigenvalue weighted by Gasteiger charge is 2.14. The first-order chi connectivity index (χ1) is 4.97. The third-order valence-electron chi connectivity index (χ3n) is 2.33. The second-order valence-corrected chi connectivity index (χ2v) is 3.01. The van der Waals surface area contributed by atoms with E-state index in [0.29, 0.717) is 0 Å². The minimum atomic E-state index is 0.843. The van der Waals surface area contributed by atoms with Gasteiger partial charge >= 0.3 is 0 Å². The molecule has 0 heteroatoms. The summed E-state index contributed by atoms with van der Waals surface area (Å²) in [4.78, 5) is 0. The maximum atomic E-state index is 2.31. The molecule has 0 saturated carbocycles. The summed E-state index contributed by atoms with van der Waals surface area (Å²) in [5.41, 5.74) is 1.63. The van der Waals surface area contributed by atoms with E-state index in [9.17, 15) is 0 Å². The normalized spacial score (nSPS) is 29.6. The van der Waals surface area contributed by atoms with E-state index in [1.165, 1.54) is 19.3 Å². The molecular formula is C10H12. The van der Waals surface area contributed by atoms with Crippen LogP contribution >= 0.6 is 0 Å². The fourth-order valence-electron chi connectivity index (χ4n) is 1.68. The van der Waals surface area contributed by atoms with Crippen LogP contribution in [0.15, 0.2) is 36.0 Å². The van der Waals surface area contributed by atoms with Crippen molar-refractivity contribution >= 4 is 0 Å². The van der Waals surface area contributed by atoms with Gasteiger partial charge < -0.3 is 0 Å². The number of hydrogen-bond donors (Lipinski definition) is 0. The van der Waals surface area contributed by atoms with Crippen molar-refractivity contribution in [3.8, 4) is 0 Å². The monoisotopic (exact) mass is 132 g/mol. The highest BCUT2D eigenvalue weighted by Crippen LogP contribution is 2.30. The number of hydrogen-bond acceptors (Lipinski definition) is 0. The fraction of sp³-hybridized carbons (Fsp3) is 0.400. The molecular weight excluding hydrogens is 120 g/mol. The van der Waals surface area contributed by atoms with Crippen LogP contribution in [0, 0.1) is 5.92 Å². The van der Waals surface area contributed by atoms with E-state index < -0.39 is 0 Å². The highest BCUT2D eigenvalue weighted by molar-refractivity contribution is 5.26. The quantitative estimate of drug-likeness (QED) is 0.444. The SMILES string of the molecule is C1=CCC2CC=CCC2=C1. The van der Waals surface area contributed by atoms with Gasteiger partial charge in [-0.3, -0.25) is 0 Å². The molecule has 0 aromatic rings. The molecule has 0 aromatic heterocycles. The van der Waals surface area contributed by atoms with Crippen LogP contribution < -0.4 is 0 Å². The van der Waals surface area contributed by atoms with E-state index in [2.05, 4.69) is 30.4 Å². The lowest BCUT2D eigenvalue weighted by atomic mass is 9.84. The van der Waals surface area contributed by atoms with Gasteiger partial charge in [0.25, 0.3) is 0 Å². The van der Waals surface area contributed by atoms with Gasteiger partial charge in [-0.05, 0) is 25.2 Å². The Balaban J connectivity index is 2.23. The van der Waals surface area contributed by atoms with E-state index in [1.54, 1.807) is 5.57 Å². The van der Waals surface area contributed by atoms with Crippen LogP contribution in [0.3, 0.4) is 0 Å². The van der Waals surface area contributed by atoms with Crippen molar-refractivity contribution in [2.24, 2.45) is 5.92 Å². The van der Waals surface area contributed by atoms with E-state index >= 15 is 0 Å². The summed E-state index contributed by atoms with van der Waals surface area (Å²) >= 11 is 0. The fourth-order valence-corrected chi connectivity index (χ4v) is 1.68. The molecule has 10 heavy (non-hydrogen) atoms. The van der Waals surface area contributed by atoms with Crippen molar-refractivity contribution in [1.82, 2.24) is 0 Å². The first kappa shape index (κ1) is 5.96. The minimum Gasteiger partial charge on any atom is -0.0876 e. The Morgan fingerprint density at radius 3 is 2.90 bits per heavy atom. The van der Waals surface area contributed by atoms with Gasteiger partial charge in [0.2, 0.25) is 0 Å². The molecule has 0 bridgehead atoms. The van der Waals surface area contributed by atoms with Crippen LogP contribution in [0.5, 0.6) is 0 Å². The van der Waals surface area contributed by atoms with Crippen molar-refractivity contribution in [1.29, 1.82) is 0 Å². The summed E-state index contributed by atoms with van der Waals surface area (Å²) in [5, 5.41) is 0. The molecule has 1 unspecified atom stereocenters. The molecule has 0 radical (unpaired) electrons. The summed E-state index contributed by atoms with van der Waals surface area (Å²) in [5.74, 6) is 0.843. The van der Waals surface area contributed by atoms with Gasteiger partial charge in [-0.25, -0.2) is 0 Å². The van der Waals surface area contributed by atoms with E-state index in [4.69, 9.17) is 0 Å². The summed E-state index contributed by atoms with van der Waals surface area (Å²) in [7, 11) is 0. The Kier molecular flexibility index (Phi) is 1.46. The van der Waals surface area contributed by atoms with Gasteiger partial charge in [-0.15, -0.1) is 0 Å². The zero-order valence-electron chi connectivity index (χ0n) is 6.09. The smallest absolute Gasteiger partial charge is 0.0128 e. The summed E-state index contributed by atoms with van der Waals surface area (Å²) < 4.78 is 0. The van der Waals surface area contributed by atoms with Crippen molar-refractivity contribution in [2.45, 2.75) is 19.3 Å². The van der Waals surface area contributed by atoms with Crippen molar-refractivity contribution in [3.05, 3.63) is 36.0 Å². The largest absolute Gasteiger partial charge is 0.0876 e. The Morgan fingerprint density at radius 2 is 2.00 bits per heavy atom. The van der Waals surface area contributed by atoms with E-state index in [1.807, 2.05) is 0 Å². The van der Waals surface area contributed by atoms with Gasteiger partial charge in [0, 0.05) is 0 Å². The average Bonchev–Trinajstić information content (AvgIpc) is 2.05. The average molecular weight is 132 g/mol. The number of allylic oxidation sites excluding steroid dienone is 6. The van der Waals surface area contributed by atoms with Gasteiger partial charge in [0.05, 0.1) is 0 Å². The molecule has 0 nitrogen and oxygen atoms in total. The van der Waals surface area contributed by atoms with Crippen molar-refractivity contribution in [2.75, 3.05) is 0 Å². The van der Waals surface area contributed by atoms with Gasteiger partial charge in [0.1, 0.15) is 0 Å². The van der Waals surface area contributed by atoms with Crippen LogP contribution in [0.4, 0.5) is 0 Å². The topological polar surface area (TPSA) is 0 Å². The Morgan fingerprint density at radius 1 is 1.10 bits per heavy atom. The zero-order valence-corrected chi connectivity index (χ0v) is 6.09. The first-order valence-electron chi connectivity index (χ1n) is 3.97. The second-order valence-electron chi connectivity index (χ2n) is 3.01. The van der Waals surface area contributed by atoms with Gasteiger partial charge in [-0.1, -0.05) is 36.0 Å². The van der Waals surface area contributed by atoms with Crippen molar-refractivity contribution in [3.63, 3.8) is 0 Å². The molecule has 2 aliphatic carbocycles. The molecule has 0 saturated heterocycles. The lowest BCUT2D eigenvalue weighted by molar-refractivity contribution is 0.598. The Labute approximate surface area is 61.9 Å². The van der Waals surface area contributed by atoms with Gasteiger partial charge in [-0.2, -0.15) is 0 Å². The first-order valence-corrected chi connectivity index (χ1v) is 3.97. The van der Waals surface area contributed by atoms with Crippen molar-refractivity contribution < 1.29 is 0 Å². The number of fused-ring (bicyclic) bond motifs is 1. The van der Waals surface area contributed by atoms with Crippen LogP contribution in [0.25, 0.3) is 0 Å². The summed E-state index contributed by atoms with van der Waals surface area (Å²) in [6.07, 6.45) is 15.0. The summed E-state index contributed by atoms with van der Waals surface area (Å²) in [6.45, 7) is 0. The maximum Gasteiger partial charge on any atom is -0.0128 e. The molecule has 0 spiro atoms. The van der Waals surface area contributed by atoms with Gasteiger partial charge in [0.15, 0.2) is 0 Å². The third-order valence-corrected chi connectivity index (χ3v) is 2.33. The Bertz CT molecular complexity index is 206. The predicted molar refractivity (Wildman–Crippen MR) is 43.7 cm³/mol. The molecule has 1 atom stereocenters. The van der Waals surface area contributed by atoms with E-state index in [-0.39, 0.29) is 0 Å². The zero-order chi connectivity index (χ0) is 6.81. The molecule has 0 aliphatic heterocycles. The third kappa shape index (κ3) is 0.942. The molecule has 0 amide bonds. The predicted octanol–water partition coefficient (Wildman–Crippen LogP) is 2.84. The lowest BCUT2D eigenvalue weighted by Gasteiger charge is -2.22. The summed E-state index contributed by atoms with van der Waals surface area (Å²) in [6, 6.07) is 0. The number of rotatable bonds is 0. The molecule has 0 aromatic carbocycles. The molecule has 2 aliphatic rings. The lowest BCUT2D eigenvalue weighted by Crippen LogP contribution is -2.07. The molecule has 52 valence electrons. The van der Waals surface area contributed by atoms with Crippen LogP contribution in [0.1, 0.15) is 19.3 Å². The second kappa shape index (κ2) is 2.45. The maximum absolute atomic E-state index is 2.31. The Hall–Kier alpha value is -0.780. The molecule has 2 rings (SSSR count). The minimum absolute atomic E-state index is 0.843. The highest BCUT2D eigenvalue weighted by atomic mass is 14.2. The van der Waals surface area contributed by atoms with Crippen LogP contribution in [-0.2, 0) is 0 Å². The standard InChI is InChI=1S/C10H12/c1-2-6-10-8-4-3-7-9(10)5-1/h1-5,10H,6-8H2. The van der Waals surface area contributed by atoms with E-state index in [0.717, 1.165) is 5.92 Å². The molecule has 0 heterocycles. The van der Waals surface area contributed by atoms with Crippen LogP contribution in [0.2, 0.25) is 0 Å².